The molecule has 3 aromatic rings. The number of imidazole rings is 1. The zero-order valence-electron chi connectivity index (χ0n) is 9.35. The summed E-state index contributed by atoms with van der Waals surface area (Å²) in [5.74, 6) is -0.537. The lowest BCUT2D eigenvalue weighted by Crippen LogP contribution is -1.86. The van der Waals surface area contributed by atoms with Gasteiger partial charge in [-0.1, -0.05) is 11.6 Å². The van der Waals surface area contributed by atoms with Crippen LogP contribution in [0.3, 0.4) is 0 Å². The lowest BCUT2D eigenvalue weighted by molar-refractivity contribution is 0.623. The van der Waals surface area contributed by atoms with Crippen molar-refractivity contribution in [1.29, 1.82) is 0 Å². The Morgan fingerprint density at radius 1 is 1.11 bits per heavy atom. The number of nitrogens with zero attached hydrogens (tertiary/aromatic N) is 1. The van der Waals surface area contributed by atoms with Crippen LogP contribution in [0.4, 0.5) is 8.78 Å². The van der Waals surface area contributed by atoms with Gasteiger partial charge in [-0.15, -0.1) is 0 Å². The molecule has 0 radical (unpaired) electrons. The quantitative estimate of drug-likeness (QED) is 0.667. The van der Waals surface area contributed by atoms with E-state index in [-0.39, 0.29) is 5.56 Å². The van der Waals surface area contributed by atoms with E-state index in [0.29, 0.717) is 26.4 Å². The molecular weight excluding hydrogens is 338 g/mol. The molecule has 19 heavy (non-hydrogen) atoms. The van der Waals surface area contributed by atoms with E-state index in [1.807, 2.05) is 0 Å². The highest BCUT2D eigenvalue weighted by atomic mass is 79.9. The van der Waals surface area contributed by atoms with Crippen LogP contribution in [-0.2, 0) is 0 Å². The molecule has 0 saturated heterocycles. The molecule has 2 aromatic carbocycles. The summed E-state index contributed by atoms with van der Waals surface area (Å²) < 4.78 is 27.5. The van der Waals surface area contributed by atoms with Gasteiger partial charge >= 0.3 is 0 Å². The molecule has 0 amide bonds. The molecule has 1 heterocycles. The van der Waals surface area contributed by atoms with Gasteiger partial charge < -0.3 is 4.98 Å². The second-order valence-electron chi connectivity index (χ2n) is 3.99. The zero-order chi connectivity index (χ0) is 13.6. The number of halogens is 4. The highest BCUT2D eigenvalue weighted by Crippen LogP contribution is 2.28. The van der Waals surface area contributed by atoms with E-state index in [0.717, 1.165) is 0 Å². The van der Waals surface area contributed by atoms with Crippen molar-refractivity contribution >= 4 is 38.6 Å². The minimum absolute atomic E-state index is 0.250. The first-order valence-electron chi connectivity index (χ1n) is 5.35. The number of nitrogens with one attached hydrogen (secondary N) is 1. The van der Waals surface area contributed by atoms with E-state index in [9.17, 15) is 8.78 Å². The van der Waals surface area contributed by atoms with Crippen LogP contribution < -0.4 is 0 Å². The summed E-state index contributed by atoms with van der Waals surface area (Å²) in [6.07, 6.45) is 0. The van der Waals surface area contributed by atoms with Gasteiger partial charge in [-0.05, 0) is 40.2 Å². The van der Waals surface area contributed by atoms with E-state index in [4.69, 9.17) is 11.6 Å². The number of aromatic nitrogens is 2. The van der Waals surface area contributed by atoms with E-state index >= 15 is 0 Å². The molecule has 0 bridgehead atoms. The van der Waals surface area contributed by atoms with Crippen LogP contribution >= 0.6 is 27.5 Å². The molecule has 0 fully saturated rings. The van der Waals surface area contributed by atoms with Gasteiger partial charge in [-0.25, -0.2) is 13.8 Å². The number of rotatable bonds is 1. The zero-order valence-corrected chi connectivity index (χ0v) is 11.7. The molecule has 2 nitrogen and oxygen atoms in total. The summed E-state index contributed by atoms with van der Waals surface area (Å²) in [6, 6.07) is 7.03. The molecule has 6 heteroatoms. The van der Waals surface area contributed by atoms with Crippen LogP contribution in [0.5, 0.6) is 0 Å². The summed E-state index contributed by atoms with van der Waals surface area (Å²) in [7, 11) is 0. The largest absolute Gasteiger partial charge is 0.338 e. The fourth-order valence-corrected chi connectivity index (χ4v) is 2.31. The van der Waals surface area contributed by atoms with Gasteiger partial charge in [0.2, 0.25) is 0 Å². The molecule has 0 saturated carbocycles. The molecule has 0 aliphatic carbocycles. The molecule has 0 aliphatic rings. The summed E-state index contributed by atoms with van der Waals surface area (Å²) in [6.45, 7) is 0. The highest BCUT2D eigenvalue weighted by Gasteiger charge is 2.12. The maximum absolute atomic E-state index is 13.7. The maximum atomic E-state index is 13.7. The lowest BCUT2D eigenvalue weighted by Gasteiger charge is -1.99. The topological polar surface area (TPSA) is 28.7 Å². The van der Waals surface area contributed by atoms with E-state index in [1.165, 1.54) is 30.3 Å². The Kier molecular flexibility index (Phi) is 3.03. The first kappa shape index (κ1) is 12.6. The summed E-state index contributed by atoms with van der Waals surface area (Å²) in [5, 5.41) is 0.407. The first-order chi connectivity index (χ1) is 9.04. The van der Waals surface area contributed by atoms with Gasteiger partial charge in [0.1, 0.15) is 17.5 Å². The standard InChI is InChI=1S/C13H6BrClF2N2/c14-8-4-11-12(5-10(8)17)19-13(18-11)7-3-6(15)1-2-9(7)16/h1-5H,(H,18,19). The van der Waals surface area contributed by atoms with Crippen molar-refractivity contribution in [1.82, 2.24) is 9.97 Å². The van der Waals surface area contributed by atoms with Gasteiger partial charge in [0.15, 0.2) is 0 Å². The summed E-state index contributed by atoms with van der Waals surface area (Å²) >= 11 is 8.92. The van der Waals surface area contributed by atoms with Crippen LogP contribution in [-0.4, -0.2) is 9.97 Å². The van der Waals surface area contributed by atoms with Crippen molar-refractivity contribution in [3.63, 3.8) is 0 Å². The number of H-pyrrole nitrogens is 1. The van der Waals surface area contributed by atoms with Gasteiger partial charge in [0, 0.05) is 11.1 Å². The Morgan fingerprint density at radius 2 is 1.89 bits per heavy atom. The van der Waals surface area contributed by atoms with Crippen LogP contribution in [0.1, 0.15) is 0 Å². The minimum atomic E-state index is -0.442. The Hall–Kier alpha value is -1.46. The van der Waals surface area contributed by atoms with Crippen molar-refractivity contribution in [3.05, 3.63) is 51.5 Å². The third-order valence-electron chi connectivity index (χ3n) is 2.71. The second-order valence-corrected chi connectivity index (χ2v) is 5.28. The van der Waals surface area contributed by atoms with Crippen molar-refractivity contribution in [2.24, 2.45) is 0 Å². The molecule has 0 unspecified atom stereocenters. The van der Waals surface area contributed by atoms with Gasteiger partial charge in [0.05, 0.1) is 21.1 Å². The average molecular weight is 344 g/mol. The van der Waals surface area contributed by atoms with Crippen LogP contribution in [0.2, 0.25) is 5.02 Å². The highest BCUT2D eigenvalue weighted by molar-refractivity contribution is 9.10. The number of fused-ring (bicyclic) bond motifs is 1. The molecule has 0 aliphatic heterocycles. The van der Waals surface area contributed by atoms with Crippen molar-refractivity contribution in [2.45, 2.75) is 0 Å². The number of benzene rings is 2. The normalized spacial score (nSPS) is 11.2. The first-order valence-corrected chi connectivity index (χ1v) is 6.52. The Bertz CT molecular complexity index is 747. The smallest absolute Gasteiger partial charge is 0.141 e. The monoisotopic (exact) mass is 342 g/mol. The van der Waals surface area contributed by atoms with Crippen LogP contribution in [0.15, 0.2) is 34.8 Å². The summed E-state index contributed by atoms with van der Waals surface area (Å²) in [4.78, 5) is 7.11. The Labute approximate surface area is 120 Å². The van der Waals surface area contributed by atoms with Gasteiger partial charge in [0.25, 0.3) is 0 Å². The molecule has 1 aromatic heterocycles. The number of aromatic amines is 1. The Morgan fingerprint density at radius 3 is 2.68 bits per heavy atom. The molecular formula is C13H6BrClF2N2. The van der Waals surface area contributed by atoms with Gasteiger partial charge in [-0.2, -0.15) is 0 Å². The summed E-state index contributed by atoms with van der Waals surface area (Å²) in [5.41, 5.74) is 1.29. The maximum Gasteiger partial charge on any atom is 0.141 e. The average Bonchev–Trinajstić information content (AvgIpc) is 2.75. The number of hydrogen-bond acceptors (Lipinski definition) is 1. The number of hydrogen-bond donors (Lipinski definition) is 1. The molecule has 0 spiro atoms. The Balaban J connectivity index is 2.23. The molecule has 3 rings (SSSR count). The lowest BCUT2D eigenvalue weighted by atomic mass is 10.2. The van der Waals surface area contributed by atoms with Crippen LogP contribution in [0.25, 0.3) is 22.4 Å². The fourth-order valence-electron chi connectivity index (χ4n) is 1.81. The third kappa shape index (κ3) is 2.24. The molecule has 1 N–H and O–H groups in total. The SMILES string of the molecule is Fc1cc2[nH]c(-c3cc(Cl)ccc3F)nc2cc1Br. The molecule has 96 valence electrons. The van der Waals surface area contributed by atoms with E-state index < -0.39 is 11.6 Å². The van der Waals surface area contributed by atoms with Crippen molar-refractivity contribution in [3.8, 4) is 11.4 Å². The van der Waals surface area contributed by atoms with Gasteiger partial charge in [-0.3, -0.25) is 0 Å². The fraction of sp³-hybridized carbons (Fsp3) is 0. The van der Waals surface area contributed by atoms with Crippen LogP contribution in [0, 0.1) is 11.6 Å². The molecule has 0 atom stereocenters. The predicted octanol–water partition coefficient (Wildman–Crippen LogP) is 4.92. The predicted molar refractivity (Wildman–Crippen MR) is 74.2 cm³/mol. The minimum Gasteiger partial charge on any atom is -0.338 e. The van der Waals surface area contributed by atoms with Crippen molar-refractivity contribution in [2.75, 3.05) is 0 Å². The van der Waals surface area contributed by atoms with E-state index in [2.05, 4.69) is 25.9 Å². The van der Waals surface area contributed by atoms with E-state index in [1.54, 1.807) is 0 Å². The van der Waals surface area contributed by atoms with Crippen molar-refractivity contribution < 1.29 is 8.78 Å². The third-order valence-corrected chi connectivity index (χ3v) is 3.55. The second kappa shape index (κ2) is 4.58.